The molecule has 0 aromatic heterocycles. The van der Waals surface area contributed by atoms with Gasteiger partial charge in [0.1, 0.15) is 5.60 Å². The zero-order valence-corrected chi connectivity index (χ0v) is 12.7. The highest BCUT2D eigenvalue weighted by atomic mass is 16.6. The number of nitriles is 1. The van der Waals surface area contributed by atoms with Gasteiger partial charge in [-0.05, 0) is 38.5 Å². The third-order valence-electron chi connectivity index (χ3n) is 3.25. The van der Waals surface area contributed by atoms with Crippen LogP contribution in [-0.4, -0.2) is 36.2 Å². The first-order chi connectivity index (χ1) is 9.89. The number of hydrogen-bond acceptors (Lipinski definition) is 4. The van der Waals surface area contributed by atoms with Crippen LogP contribution < -0.4 is 5.32 Å². The molecule has 1 amide bonds. The van der Waals surface area contributed by atoms with Crippen molar-refractivity contribution in [2.75, 3.05) is 19.6 Å². The molecule has 0 unspecified atom stereocenters. The number of benzene rings is 1. The van der Waals surface area contributed by atoms with E-state index in [9.17, 15) is 4.79 Å². The van der Waals surface area contributed by atoms with E-state index in [1.54, 1.807) is 11.0 Å². The summed E-state index contributed by atoms with van der Waals surface area (Å²) >= 11 is 0. The van der Waals surface area contributed by atoms with E-state index in [1.807, 2.05) is 39.0 Å². The highest BCUT2D eigenvalue weighted by molar-refractivity contribution is 5.68. The lowest BCUT2D eigenvalue weighted by Crippen LogP contribution is -2.49. The Hall–Kier alpha value is -2.06. The number of carbonyl (C=O) groups is 1. The first kappa shape index (κ1) is 15.3. The van der Waals surface area contributed by atoms with Crippen LogP contribution >= 0.6 is 0 Å². The van der Waals surface area contributed by atoms with Gasteiger partial charge in [0.2, 0.25) is 0 Å². The molecular weight excluding hydrogens is 266 g/mol. The molecule has 1 N–H and O–H groups in total. The molecule has 0 aliphatic carbocycles. The molecule has 2 rings (SSSR count). The van der Waals surface area contributed by atoms with Gasteiger partial charge in [0, 0.05) is 19.6 Å². The van der Waals surface area contributed by atoms with Gasteiger partial charge in [0.25, 0.3) is 0 Å². The summed E-state index contributed by atoms with van der Waals surface area (Å²) in [6, 6.07) is 9.63. The van der Waals surface area contributed by atoms with Gasteiger partial charge in [-0.3, -0.25) is 0 Å². The minimum Gasteiger partial charge on any atom is -0.444 e. The molecule has 1 aliphatic heterocycles. The number of nitrogens with zero attached hydrogens (tertiary/aromatic N) is 2. The summed E-state index contributed by atoms with van der Waals surface area (Å²) in [5.74, 6) is 0. The van der Waals surface area contributed by atoms with Crippen molar-refractivity contribution in [2.24, 2.45) is 0 Å². The van der Waals surface area contributed by atoms with Gasteiger partial charge in [0.15, 0.2) is 0 Å². The molecular formula is C16H21N3O2. The number of amides is 1. The smallest absolute Gasteiger partial charge is 0.410 e. The second-order valence-corrected chi connectivity index (χ2v) is 6.17. The number of piperazine rings is 1. The maximum atomic E-state index is 12.1. The maximum absolute atomic E-state index is 12.1. The van der Waals surface area contributed by atoms with Crippen LogP contribution in [0, 0.1) is 11.3 Å². The Kier molecular flexibility index (Phi) is 4.49. The van der Waals surface area contributed by atoms with E-state index in [0.29, 0.717) is 25.2 Å². The maximum Gasteiger partial charge on any atom is 0.410 e. The Morgan fingerprint density at radius 2 is 2.24 bits per heavy atom. The van der Waals surface area contributed by atoms with Gasteiger partial charge in [-0.25, -0.2) is 4.79 Å². The predicted molar refractivity (Wildman–Crippen MR) is 79.7 cm³/mol. The van der Waals surface area contributed by atoms with E-state index < -0.39 is 5.60 Å². The molecule has 5 heteroatoms. The van der Waals surface area contributed by atoms with Crippen LogP contribution in [0.2, 0.25) is 0 Å². The second kappa shape index (κ2) is 6.15. The molecule has 5 nitrogen and oxygen atoms in total. The van der Waals surface area contributed by atoms with Crippen molar-refractivity contribution in [2.45, 2.75) is 32.4 Å². The van der Waals surface area contributed by atoms with E-state index >= 15 is 0 Å². The summed E-state index contributed by atoms with van der Waals surface area (Å²) in [5.41, 5.74) is 1.16. The average Bonchev–Trinajstić information content (AvgIpc) is 2.46. The van der Waals surface area contributed by atoms with Crippen LogP contribution in [0.25, 0.3) is 0 Å². The summed E-state index contributed by atoms with van der Waals surface area (Å²) < 4.78 is 5.41. The third kappa shape index (κ3) is 4.20. The molecule has 0 saturated carbocycles. The minimum absolute atomic E-state index is 0.0274. The summed E-state index contributed by atoms with van der Waals surface area (Å²) in [5, 5.41) is 12.3. The highest BCUT2D eigenvalue weighted by Gasteiger charge is 2.28. The van der Waals surface area contributed by atoms with E-state index in [1.165, 1.54) is 0 Å². The molecule has 112 valence electrons. The summed E-state index contributed by atoms with van der Waals surface area (Å²) in [4.78, 5) is 13.9. The van der Waals surface area contributed by atoms with E-state index in [0.717, 1.165) is 5.56 Å². The topological polar surface area (TPSA) is 65.4 Å². The lowest BCUT2D eigenvalue weighted by Gasteiger charge is -2.35. The van der Waals surface area contributed by atoms with Crippen molar-refractivity contribution in [3.8, 4) is 6.07 Å². The summed E-state index contributed by atoms with van der Waals surface area (Å²) in [7, 11) is 0. The van der Waals surface area contributed by atoms with Crippen LogP contribution in [0.5, 0.6) is 0 Å². The SMILES string of the molecule is CC(C)(C)OC(=O)N1CCN[C@@H](c2cccc(C#N)c2)C1. The van der Waals surface area contributed by atoms with Gasteiger partial charge in [-0.15, -0.1) is 0 Å². The van der Waals surface area contributed by atoms with Gasteiger partial charge < -0.3 is 15.0 Å². The van der Waals surface area contributed by atoms with Gasteiger partial charge in [-0.1, -0.05) is 12.1 Å². The monoisotopic (exact) mass is 287 g/mol. The van der Waals surface area contributed by atoms with Gasteiger partial charge >= 0.3 is 6.09 Å². The van der Waals surface area contributed by atoms with E-state index in [-0.39, 0.29) is 12.1 Å². The molecule has 21 heavy (non-hydrogen) atoms. The average molecular weight is 287 g/mol. The van der Waals surface area contributed by atoms with Gasteiger partial charge in [-0.2, -0.15) is 5.26 Å². The molecule has 1 fully saturated rings. The molecule has 1 aromatic carbocycles. The lowest BCUT2D eigenvalue weighted by molar-refractivity contribution is 0.0195. The fraction of sp³-hybridized carbons (Fsp3) is 0.500. The molecule has 0 radical (unpaired) electrons. The fourth-order valence-electron chi connectivity index (χ4n) is 2.29. The van der Waals surface area contributed by atoms with Crippen LogP contribution in [0.1, 0.15) is 37.9 Å². The number of carbonyl (C=O) groups excluding carboxylic acids is 1. The molecule has 1 aromatic rings. The zero-order chi connectivity index (χ0) is 15.5. The summed E-state index contributed by atoms with van der Waals surface area (Å²) in [6.45, 7) is 7.47. The number of nitrogens with one attached hydrogen (secondary N) is 1. The van der Waals surface area contributed by atoms with Crippen LogP contribution in [-0.2, 0) is 4.74 Å². The zero-order valence-electron chi connectivity index (χ0n) is 12.7. The van der Waals surface area contributed by atoms with Crippen LogP contribution in [0.3, 0.4) is 0 Å². The van der Waals surface area contributed by atoms with Crippen molar-refractivity contribution in [1.82, 2.24) is 10.2 Å². The quantitative estimate of drug-likeness (QED) is 0.861. The molecule has 1 aliphatic rings. The molecule has 0 spiro atoms. The van der Waals surface area contributed by atoms with E-state index in [4.69, 9.17) is 10.00 Å². The van der Waals surface area contributed by atoms with Crippen molar-refractivity contribution >= 4 is 6.09 Å². The minimum atomic E-state index is -0.488. The van der Waals surface area contributed by atoms with Crippen molar-refractivity contribution < 1.29 is 9.53 Å². The first-order valence-corrected chi connectivity index (χ1v) is 7.10. The molecule has 1 heterocycles. The summed E-state index contributed by atoms with van der Waals surface area (Å²) in [6.07, 6.45) is -0.287. The van der Waals surface area contributed by atoms with Crippen molar-refractivity contribution in [1.29, 1.82) is 5.26 Å². The Labute approximate surface area is 125 Å². The number of ether oxygens (including phenoxy) is 1. The third-order valence-corrected chi connectivity index (χ3v) is 3.25. The van der Waals surface area contributed by atoms with Crippen molar-refractivity contribution in [3.05, 3.63) is 35.4 Å². The Morgan fingerprint density at radius 1 is 1.48 bits per heavy atom. The fourth-order valence-corrected chi connectivity index (χ4v) is 2.29. The Bertz CT molecular complexity index is 557. The lowest BCUT2D eigenvalue weighted by atomic mass is 10.0. The molecule has 1 atom stereocenters. The second-order valence-electron chi connectivity index (χ2n) is 6.17. The normalized spacial score (nSPS) is 19.0. The van der Waals surface area contributed by atoms with Crippen molar-refractivity contribution in [3.63, 3.8) is 0 Å². The molecule has 0 bridgehead atoms. The first-order valence-electron chi connectivity index (χ1n) is 7.10. The van der Waals surface area contributed by atoms with E-state index in [2.05, 4.69) is 11.4 Å². The predicted octanol–water partition coefficient (Wildman–Crippen LogP) is 2.44. The molecule has 1 saturated heterocycles. The Balaban J connectivity index is 2.07. The largest absolute Gasteiger partial charge is 0.444 e. The highest BCUT2D eigenvalue weighted by Crippen LogP contribution is 2.20. The van der Waals surface area contributed by atoms with Crippen LogP contribution in [0.4, 0.5) is 4.79 Å². The van der Waals surface area contributed by atoms with Crippen LogP contribution in [0.15, 0.2) is 24.3 Å². The number of rotatable bonds is 1. The number of hydrogen-bond donors (Lipinski definition) is 1. The Morgan fingerprint density at radius 3 is 2.90 bits per heavy atom. The van der Waals surface area contributed by atoms with Gasteiger partial charge in [0.05, 0.1) is 17.7 Å². The standard InChI is InChI=1S/C16H21N3O2/c1-16(2,3)21-15(20)19-8-7-18-14(11-19)13-6-4-5-12(9-13)10-17/h4-6,9,14,18H,7-8,11H2,1-3H3/t14-/m1/s1.